The topological polar surface area (TPSA) is 80.8 Å². The highest BCUT2D eigenvalue weighted by Gasteiger charge is 2.74. The number of ketones is 2. The Morgan fingerprint density at radius 1 is 0.868 bits per heavy atom. The van der Waals surface area contributed by atoms with E-state index in [-0.39, 0.29) is 22.4 Å². The van der Waals surface area contributed by atoms with Crippen molar-refractivity contribution in [1.82, 2.24) is 0 Å². The second kappa shape index (κ2) is 8.09. The minimum absolute atomic E-state index is 0.0574. The molecule has 2 aliphatic heterocycles. The molecule has 192 valence electrons. The highest BCUT2D eigenvalue weighted by Crippen LogP contribution is 2.58. The van der Waals surface area contributed by atoms with Gasteiger partial charge in [0.1, 0.15) is 0 Å². The van der Waals surface area contributed by atoms with Crippen molar-refractivity contribution in [3.8, 4) is 0 Å². The number of halogens is 4. The number of alkyl halides is 3. The molecule has 1 spiro atoms. The minimum atomic E-state index is -4.72. The minimum Gasteiger partial charge on any atom is -0.349 e. The van der Waals surface area contributed by atoms with Crippen molar-refractivity contribution in [2.75, 3.05) is 4.90 Å². The molecule has 2 heterocycles. The number of fused-ring (bicyclic) bond motifs is 3. The van der Waals surface area contributed by atoms with E-state index < -0.39 is 58.7 Å². The Balaban J connectivity index is 1.54. The summed E-state index contributed by atoms with van der Waals surface area (Å²) in [5.41, 5.74) is -2.88. The van der Waals surface area contributed by atoms with Crippen LogP contribution in [0, 0.1) is 18.8 Å². The van der Waals surface area contributed by atoms with Gasteiger partial charge in [-0.05, 0) is 42.3 Å². The lowest BCUT2D eigenvalue weighted by molar-refractivity contribution is -0.137. The van der Waals surface area contributed by atoms with Gasteiger partial charge in [0.25, 0.3) is 0 Å². The van der Waals surface area contributed by atoms with E-state index in [1.54, 1.807) is 24.3 Å². The molecule has 1 aliphatic carbocycles. The molecule has 2 amide bonds. The second-order valence-corrected chi connectivity index (χ2v) is 9.98. The molecule has 10 heteroatoms. The Morgan fingerprint density at radius 3 is 2.05 bits per heavy atom. The number of benzene rings is 3. The maximum absolute atomic E-state index is 14.0. The van der Waals surface area contributed by atoms with Crippen LogP contribution in [0.3, 0.4) is 0 Å². The van der Waals surface area contributed by atoms with Gasteiger partial charge in [-0.15, -0.1) is 0 Å². The summed E-state index contributed by atoms with van der Waals surface area (Å²) in [6.45, 7) is 1.47. The lowest BCUT2D eigenvalue weighted by Gasteiger charge is -2.28. The number of carbonyl (C=O) groups excluding carboxylic acids is 4. The predicted octanol–water partition coefficient (Wildman–Crippen LogP) is 5.36. The number of Topliss-reactive ketones (excluding diaryl/α,β-unsaturated/α-hetero) is 2. The summed E-state index contributed by atoms with van der Waals surface area (Å²) in [4.78, 5) is 56.0. The van der Waals surface area contributed by atoms with Gasteiger partial charge in [0.15, 0.2) is 0 Å². The normalized spacial score (nSPS) is 23.9. The van der Waals surface area contributed by atoms with Gasteiger partial charge >= 0.3 is 6.18 Å². The Labute approximate surface area is 218 Å². The average Bonchev–Trinajstić information content (AvgIpc) is 3.44. The third kappa shape index (κ3) is 3.18. The summed E-state index contributed by atoms with van der Waals surface area (Å²) in [6.07, 6.45) is -5.92. The zero-order valence-electron chi connectivity index (χ0n) is 19.6. The van der Waals surface area contributed by atoms with E-state index in [9.17, 15) is 32.3 Å². The molecule has 0 aromatic heterocycles. The first-order valence-corrected chi connectivity index (χ1v) is 12.0. The Kier molecular flexibility index (Phi) is 5.22. The third-order valence-corrected chi connectivity index (χ3v) is 7.75. The Bertz CT molecular complexity index is 1530. The maximum Gasteiger partial charge on any atom is 0.416 e. The van der Waals surface area contributed by atoms with Crippen LogP contribution in [-0.2, 0) is 20.5 Å². The molecule has 6 nitrogen and oxygen atoms in total. The maximum atomic E-state index is 14.0. The van der Waals surface area contributed by atoms with E-state index in [1.807, 2.05) is 0 Å². The standard InChI is InChI=1S/C28H17ClF3NO5/c1-13-6-9-15(28(30,31)32)12-19(13)33-25(36)20-21(26(33)37)27(38-22(20)14-7-10-16(29)11-8-14)23(34)17-4-2-3-5-18(17)24(27)35/h2-12,20-22H,1H3/t20-,21+,22-/m1/s1. The SMILES string of the molecule is Cc1ccc(C(F)(F)F)cc1N1C(=O)[C@H]2[C@@H](c3ccc(Cl)cc3)OC3(C(=O)c4ccccc4C3=O)[C@@H]2C1=O. The van der Waals surface area contributed by atoms with Gasteiger partial charge in [-0.3, -0.25) is 19.2 Å². The lowest BCUT2D eigenvalue weighted by atomic mass is 9.77. The first kappa shape index (κ1) is 24.5. The van der Waals surface area contributed by atoms with E-state index in [0.29, 0.717) is 15.5 Å². The number of nitrogens with zero attached hydrogens (tertiary/aromatic N) is 1. The molecule has 2 fully saturated rings. The number of carbonyl (C=O) groups is 4. The van der Waals surface area contributed by atoms with Gasteiger partial charge in [-0.25, -0.2) is 4.90 Å². The smallest absolute Gasteiger partial charge is 0.349 e. The molecular weight excluding hydrogens is 523 g/mol. The predicted molar refractivity (Wildman–Crippen MR) is 129 cm³/mol. The fraction of sp³-hybridized carbons (Fsp3) is 0.214. The van der Waals surface area contributed by atoms with Gasteiger partial charge in [0.2, 0.25) is 29.0 Å². The van der Waals surface area contributed by atoms with Crippen LogP contribution in [0.25, 0.3) is 0 Å². The van der Waals surface area contributed by atoms with Crippen molar-refractivity contribution >= 4 is 40.7 Å². The van der Waals surface area contributed by atoms with E-state index in [4.69, 9.17) is 16.3 Å². The number of aryl methyl sites for hydroxylation is 1. The van der Waals surface area contributed by atoms with Crippen molar-refractivity contribution < 1.29 is 37.1 Å². The molecule has 2 saturated heterocycles. The summed E-state index contributed by atoms with van der Waals surface area (Å²) in [5, 5.41) is 0.383. The number of ether oxygens (including phenoxy) is 1. The zero-order valence-corrected chi connectivity index (χ0v) is 20.3. The molecule has 0 unspecified atom stereocenters. The quantitative estimate of drug-likeness (QED) is 0.323. The number of amides is 2. The molecule has 3 atom stereocenters. The van der Waals surface area contributed by atoms with Crippen LogP contribution in [-0.4, -0.2) is 29.0 Å². The molecule has 0 bridgehead atoms. The van der Waals surface area contributed by atoms with Crippen molar-refractivity contribution in [2.24, 2.45) is 11.8 Å². The Morgan fingerprint density at radius 2 is 1.47 bits per heavy atom. The number of hydrogen-bond donors (Lipinski definition) is 0. The fourth-order valence-electron chi connectivity index (χ4n) is 5.73. The molecule has 0 radical (unpaired) electrons. The molecule has 38 heavy (non-hydrogen) atoms. The van der Waals surface area contributed by atoms with Crippen LogP contribution in [0.1, 0.15) is 43.5 Å². The van der Waals surface area contributed by atoms with E-state index >= 15 is 0 Å². The summed E-state index contributed by atoms with van der Waals surface area (Å²) in [7, 11) is 0. The van der Waals surface area contributed by atoms with E-state index in [0.717, 1.165) is 18.2 Å². The van der Waals surface area contributed by atoms with Gasteiger partial charge in [-0.1, -0.05) is 54.1 Å². The van der Waals surface area contributed by atoms with E-state index in [1.165, 1.54) is 31.2 Å². The molecule has 3 aromatic rings. The molecule has 3 aliphatic rings. The van der Waals surface area contributed by atoms with Crippen LogP contribution in [0.4, 0.5) is 18.9 Å². The monoisotopic (exact) mass is 539 g/mol. The van der Waals surface area contributed by atoms with Crippen LogP contribution >= 0.6 is 11.6 Å². The van der Waals surface area contributed by atoms with Crippen molar-refractivity contribution in [3.63, 3.8) is 0 Å². The van der Waals surface area contributed by atoms with Gasteiger partial charge in [0.05, 0.1) is 29.2 Å². The van der Waals surface area contributed by atoms with Crippen molar-refractivity contribution in [1.29, 1.82) is 0 Å². The van der Waals surface area contributed by atoms with Crippen molar-refractivity contribution in [2.45, 2.75) is 24.8 Å². The first-order valence-electron chi connectivity index (χ1n) is 11.6. The molecule has 0 N–H and O–H groups in total. The fourth-order valence-corrected chi connectivity index (χ4v) is 5.86. The summed E-state index contributed by atoms with van der Waals surface area (Å²) < 4.78 is 46.7. The van der Waals surface area contributed by atoms with Crippen LogP contribution in [0.15, 0.2) is 66.7 Å². The van der Waals surface area contributed by atoms with Crippen LogP contribution < -0.4 is 4.90 Å². The van der Waals surface area contributed by atoms with Gasteiger partial charge in [-0.2, -0.15) is 13.2 Å². The highest BCUT2D eigenvalue weighted by molar-refractivity contribution is 6.37. The largest absolute Gasteiger partial charge is 0.416 e. The zero-order chi connectivity index (χ0) is 27.1. The Hall–Kier alpha value is -3.82. The van der Waals surface area contributed by atoms with Gasteiger partial charge in [0, 0.05) is 16.1 Å². The van der Waals surface area contributed by atoms with Crippen molar-refractivity contribution in [3.05, 3.63) is 99.6 Å². The number of rotatable bonds is 2. The van der Waals surface area contributed by atoms with Crippen LogP contribution in [0.5, 0.6) is 0 Å². The number of imide groups is 1. The number of hydrogen-bond acceptors (Lipinski definition) is 5. The number of anilines is 1. The summed E-state index contributed by atoms with van der Waals surface area (Å²) in [6, 6.07) is 14.9. The highest BCUT2D eigenvalue weighted by atomic mass is 35.5. The summed E-state index contributed by atoms with van der Waals surface area (Å²) >= 11 is 6.01. The molecule has 3 aromatic carbocycles. The molecule has 0 saturated carbocycles. The third-order valence-electron chi connectivity index (χ3n) is 7.49. The molecular formula is C28H17ClF3NO5. The average molecular weight is 540 g/mol. The summed E-state index contributed by atoms with van der Waals surface area (Å²) in [5.74, 6) is -6.23. The molecule has 6 rings (SSSR count). The second-order valence-electron chi connectivity index (χ2n) is 9.54. The van der Waals surface area contributed by atoms with Gasteiger partial charge < -0.3 is 4.74 Å². The lowest BCUT2D eigenvalue weighted by Crippen LogP contribution is -2.51. The van der Waals surface area contributed by atoms with Crippen LogP contribution in [0.2, 0.25) is 5.02 Å². The first-order chi connectivity index (χ1) is 18.0. The van der Waals surface area contributed by atoms with E-state index in [2.05, 4.69) is 0 Å².